The minimum atomic E-state index is -2.77. The normalized spacial score (nSPS) is 17.6. The van der Waals surface area contributed by atoms with Gasteiger partial charge in [0.05, 0.1) is 0 Å². The summed E-state index contributed by atoms with van der Waals surface area (Å²) in [5.41, 5.74) is 0.851. The molecule has 0 spiro atoms. The highest BCUT2D eigenvalue weighted by atomic mass is 19.3. The number of ether oxygens (including phenoxy) is 1. The van der Waals surface area contributed by atoms with Crippen LogP contribution in [-0.4, -0.2) is 13.2 Å². The molecule has 1 aromatic carbocycles. The molecule has 0 radical (unpaired) electrons. The van der Waals surface area contributed by atoms with Gasteiger partial charge >= 0.3 is 6.61 Å². The predicted molar refractivity (Wildman–Crippen MR) is 66.8 cm³/mol. The van der Waals surface area contributed by atoms with Crippen LogP contribution in [0.5, 0.6) is 5.75 Å². The Morgan fingerprint density at radius 1 is 1.33 bits per heavy atom. The van der Waals surface area contributed by atoms with Gasteiger partial charge in [0, 0.05) is 11.6 Å². The Bertz CT molecular complexity index is 380. The van der Waals surface area contributed by atoms with Gasteiger partial charge in [-0.05, 0) is 31.4 Å². The smallest absolute Gasteiger partial charge is 0.387 e. The standard InChI is InChI=1S/C14H19F2NO/c1-2-17-13(10-6-5-7-10)11-8-3-4-9-12(11)18-14(15)16/h3-4,8-10,13-14,17H,2,5-7H2,1H3. The SMILES string of the molecule is CCNC(c1ccccc1OC(F)F)C1CCC1. The molecular formula is C14H19F2NO. The van der Waals surface area contributed by atoms with Crippen LogP contribution in [0.3, 0.4) is 0 Å². The summed E-state index contributed by atoms with van der Waals surface area (Å²) in [7, 11) is 0. The average Bonchev–Trinajstić information content (AvgIpc) is 2.26. The third-order valence-electron chi connectivity index (χ3n) is 3.52. The van der Waals surface area contributed by atoms with Gasteiger partial charge in [-0.2, -0.15) is 8.78 Å². The maximum absolute atomic E-state index is 12.4. The number of hydrogen-bond acceptors (Lipinski definition) is 2. The van der Waals surface area contributed by atoms with Crippen molar-refractivity contribution in [3.63, 3.8) is 0 Å². The molecular weight excluding hydrogens is 236 g/mol. The molecule has 1 N–H and O–H groups in total. The third-order valence-corrected chi connectivity index (χ3v) is 3.52. The molecule has 2 nitrogen and oxygen atoms in total. The Labute approximate surface area is 106 Å². The predicted octanol–water partition coefficient (Wildman–Crippen LogP) is 3.74. The lowest BCUT2D eigenvalue weighted by atomic mass is 9.77. The fraction of sp³-hybridized carbons (Fsp3) is 0.571. The van der Waals surface area contributed by atoms with Crippen molar-refractivity contribution in [2.75, 3.05) is 6.54 Å². The fourth-order valence-electron chi connectivity index (χ4n) is 2.46. The lowest BCUT2D eigenvalue weighted by molar-refractivity contribution is -0.0510. The molecule has 100 valence electrons. The number of halogens is 2. The zero-order valence-electron chi connectivity index (χ0n) is 10.5. The Morgan fingerprint density at radius 3 is 2.61 bits per heavy atom. The van der Waals surface area contributed by atoms with Gasteiger partial charge in [-0.3, -0.25) is 0 Å². The molecule has 4 heteroatoms. The topological polar surface area (TPSA) is 21.3 Å². The van der Waals surface area contributed by atoms with E-state index in [1.165, 1.54) is 6.42 Å². The van der Waals surface area contributed by atoms with Crippen molar-refractivity contribution in [1.82, 2.24) is 5.32 Å². The van der Waals surface area contributed by atoms with E-state index in [-0.39, 0.29) is 6.04 Å². The average molecular weight is 255 g/mol. The van der Waals surface area contributed by atoms with Gasteiger partial charge in [-0.15, -0.1) is 0 Å². The van der Waals surface area contributed by atoms with E-state index < -0.39 is 6.61 Å². The highest BCUT2D eigenvalue weighted by Gasteiger charge is 2.30. The van der Waals surface area contributed by atoms with Gasteiger partial charge in [0.2, 0.25) is 0 Å². The molecule has 1 aliphatic carbocycles. The first-order chi connectivity index (χ1) is 8.72. The minimum Gasteiger partial charge on any atom is -0.434 e. The molecule has 0 aliphatic heterocycles. The lowest BCUT2D eigenvalue weighted by Gasteiger charge is -2.35. The number of nitrogens with one attached hydrogen (secondary N) is 1. The van der Waals surface area contributed by atoms with Crippen LogP contribution in [-0.2, 0) is 0 Å². The molecule has 1 aromatic rings. The molecule has 1 fully saturated rings. The zero-order chi connectivity index (χ0) is 13.0. The van der Waals surface area contributed by atoms with Crippen molar-refractivity contribution < 1.29 is 13.5 Å². The van der Waals surface area contributed by atoms with E-state index >= 15 is 0 Å². The van der Waals surface area contributed by atoms with E-state index in [9.17, 15) is 8.78 Å². The summed E-state index contributed by atoms with van der Waals surface area (Å²) >= 11 is 0. The molecule has 1 saturated carbocycles. The van der Waals surface area contributed by atoms with Crippen molar-refractivity contribution in [1.29, 1.82) is 0 Å². The highest BCUT2D eigenvalue weighted by Crippen LogP contribution is 2.40. The molecule has 2 rings (SSSR count). The Hall–Kier alpha value is -1.16. The Morgan fingerprint density at radius 2 is 2.06 bits per heavy atom. The molecule has 0 saturated heterocycles. The number of rotatable bonds is 6. The van der Waals surface area contributed by atoms with E-state index in [1.54, 1.807) is 12.1 Å². The second-order valence-electron chi connectivity index (χ2n) is 4.64. The van der Waals surface area contributed by atoms with E-state index in [4.69, 9.17) is 0 Å². The van der Waals surface area contributed by atoms with Gasteiger partial charge in [0.1, 0.15) is 5.75 Å². The van der Waals surface area contributed by atoms with Crippen LogP contribution in [0.1, 0.15) is 37.8 Å². The van der Waals surface area contributed by atoms with Crippen molar-refractivity contribution in [3.8, 4) is 5.75 Å². The first-order valence-corrected chi connectivity index (χ1v) is 6.49. The number of benzene rings is 1. The summed E-state index contributed by atoms with van der Waals surface area (Å²) in [4.78, 5) is 0. The fourth-order valence-corrected chi connectivity index (χ4v) is 2.46. The van der Waals surface area contributed by atoms with Gasteiger partial charge in [0.15, 0.2) is 0 Å². The first-order valence-electron chi connectivity index (χ1n) is 6.49. The second kappa shape index (κ2) is 6.14. The summed E-state index contributed by atoms with van der Waals surface area (Å²) in [6.07, 6.45) is 3.53. The van der Waals surface area contributed by atoms with Crippen molar-refractivity contribution in [2.24, 2.45) is 5.92 Å². The van der Waals surface area contributed by atoms with Gasteiger partial charge in [-0.25, -0.2) is 0 Å². The van der Waals surface area contributed by atoms with E-state index in [0.717, 1.165) is 24.9 Å². The summed E-state index contributed by atoms with van der Waals surface area (Å²) in [6, 6.07) is 7.22. The van der Waals surface area contributed by atoms with Crippen LogP contribution < -0.4 is 10.1 Å². The minimum absolute atomic E-state index is 0.124. The van der Waals surface area contributed by atoms with E-state index in [1.807, 2.05) is 19.1 Å². The van der Waals surface area contributed by atoms with Crippen LogP contribution in [0, 0.1) is 5.92 Å². The molecule has 1 aliphatic rings. The quantitative estimate of drug-likeness (QED) is 0.836. The molecule has 0 bridgehead atoms. The van der Waals surface area contributed by atoms with Crippen LogP contribution >= 0.6 is 0 Å². The largest absolute Gasteiger partial charge is 0.434 e. The Kier molecular flexibility index (Phi) is 4.53. The molecule has 0 aromatic heterocycles. The number of para-hydroxylation sites is 1. The summed E-state index contributed by atoms with van der Waals surface area (Å²) < 4.78 is 29.4. The molecule has 18 heavy (non-hydrogen) atoms. The van der Waals surface area contributed by atoms with Crippen molar-refractivity contribution in [2.45, 2.75) is 38.8 Å². The Balaban J connectivity index is 2.22. The van der Waals surface area contributed by atoms with E-state index in [0.29, 0.717) is 11.7 Å². The lowest BCUT2D eigenvalue weighted by Crippen LogP contribution is -2.32. The van der Waals surface area contributed by atoms with Gasteiger partial charge < -0.3 is 10.1 Å². The van der Waals surface area contributed by atoms with Crippen molar-refractivity contribution in [3.05, 3.63) is 29.8 Å². The maximum Gasteiger partial charge on any atom is 0.387 e. The molecule has 1 atom stereocenters. The summed E-state index contributed by atoms with van der Waals surface area (Å²) in [5.74, 6) is 0.831. The number of alkyl halides is 2. The zero-order valence-corrected chi connectivity index (χ0v) is 10.5. The molecule has 1 unspecified atom stereocenters. The van der Waals surface area contributed by atoms with Crippen LogP contribution in [0.2, 0.25) is 0 Å². The van der Waals surface area contributed by atoms with Crippen LogP contribution in [0.15, 0.2) is 24.3 Å². The van der Waals surface area contributed by atoms with Gasteiger partial charge in [-0.1, -0.05) is 31.5 Å². The number of hydrogen-bond donors (Lipinski definition) is 1. The molecule has 0 amide bonds. The van der Waals surface area contributed by atoms with Crippen LogP contribution in [0.4, 0.5) is 8.78 Å². The summed E-state index contributed by atoms with van der Waals surface area (Å²) in [6.45, 7) is 0.0849. The van der Waals surface area contributed by atoms with E-state index in [2.05, 4.69) is 10.1 Å². The second-order valence-corrected chi connectivity index (χ2v) is 4.64. The van der Waals surface area contributed by atoms with Crippen molar-refractivity contribution >= 4 is 0 Å². The first kappa shape index (κ1) is 13.3. The molecule has 0 heterocycles. The maximum atomic E-state index is 12.4. The monoisotopic (exact) mass is 255 g/mol. The summed E-state index contributed by atoms with van der Waals surface area (Å²) in [5, 5.41) is 3.39. The highest BCUT2D eigenvalue weighted by molar-refractivity contribution is 5.36. The van der Waals surface area contributed by atoms with Crippen LogP contribution in [0.25, 0.3) is 0 Å². The van der Waals surface area contributed by atoms with Gasteiger partial charge in [0.25, 0.3) is 0 Å². The third kappa shape index (κ3) is 2.99.